The van der Waals surface area contributed by atoms with Gasteiger partial charge in [0.05, 0.1) is 12.5 Å². The lowest BCUT2D eigenvalue weighted by Crippen LogP contribution is -2.52. The number of carbonyl (C=O) groups is 2. The van der Waals surface area contributed by atoms with E-state index < -0.39 is 5.41 Å². The molecule has 2 aromatic carbocycles. The lowest BCUT2D eigenvalue weighted by atomic mass is 9.81. The molecule has 1 fully saturated rings. The Morgan fingerprint density at radius 3 is 2.69 bits per heavy atom. The quantitative estimate of drug-likeness (QED) is 0.804. The number of rotatable bonds is 5. The number of methoxy groups -OCH3 is 1. The van der Waals surface area contributed by atoms with Crippen molar-refractivity contribution in [3.63, 3.8) is 0 Å². The molecule has 0 saturated carbocycles. The van der Waals surface area contributed by atoms with Crippen LogP contribution in [0.5, 0.6) is 5.75 Å². The number of ether oxygens (including phenoxy) is 1. The van der Waals surface area contributed by atoms with E-state index in [-0.39, 0.29) is 17.8 Å². The Bertz CT molecular complexity index is 872. The van der Waals surface area contributed by atoms with Crippen LogP contribution in [0.25, 0.3) is 0 Å². The summed E-state index contributed by atoms with van der Waals surface area (Å²) in [5.41, 5.74) is 0.790. The Kier molecular flexibility index (Phi) is 6.36. The van der Waals surface area contributed by atoms with Crippen molar-refractivity contribution >= 4 is 17.6 Å². The van der Waals surface area contributed by atoms with Crippen molar-refractivity contribution in [3.05, 3.63) is 59.9 Å². The Balaban J connectivity index is 1.59. The molecule has 1 saturated heterocycles. The van der Waals surface area contributed by atoms with Gasteiger partial charge in [0, 0.05) is 31.4 Å². The summed E-state index contributed by atoms with van der Waals surface area (Å²) in [4.78, 5) is 27.2. The van der Waals surface area contributed by atoms with E-state index in [1.54, 1.807) is 48.4 Å². The number of benzene rings is 2. The van der Waals surface area contributed by atoms with Crippen molar-refractivity contribution in [3.8, 4) is 5.75 Å². The molecule has 154 valence electrons. The molecule has 7 heteroatoms. The fourth-order valence-electron chi connectivity index (χ4n) is 3.50. The smallest absolute Gasteiger partial charge is 0.321 e. The molecule has 3 rings (SSSR count). The maximum absolute atomic E-state index is 13.0. The summed E-state index contributed by atoms with van der Waals surface area (Å²) in [6.07, 6.45) is 1.44. The zero-order valence-electron chi connectivity index (χ0n) is 16.7. The number of piperidine rings is 1. The normalized spacial score (nSPS) is 18.8. The highest BCUT2D eigenvalue weighted by atomic mass is 19.1. The first kappa shape index (κ1) is 20.6. The van der Waals surface area contributed by atoms with Crippen molar-refractivity contribution in [2.75, 3.05) is 25.5 Å². The van der Waals surface area contributed by atoms with Crippen molar-refractivity contribution in [1.29, 1.82) is 0 Å². The van der Waals surface area contributed by atoms with Crippen LogP contribution < -0.4 is 15.4 Å². The third kappa shape index (κ3) is 5.25. The molecule has 0 aromatic heterocycles. The van der Waals surface area contributed by atoms with Gasteiger partial charge in [-0.3, -0.25) is 4.79 Å². The second-order valence-electron chi connectivity index (χ2n) is 7.56. The van der Waals surface area contributed by atoms with Gasteiger partial charge in [0.2, 0.25) is 5.91 Å². The summed E-state index contributed by atoms with van der Waals surface area (Å²) < 4.78 is 18.2. The summed E-state index contributed by atoms with van der Waals surface area (Å²) in [7, 11) is 1.57. The van der Waals surface area contributed by atoms with Gasteiger partial charge in [-0.15, -0.1) is 0 Å². The molecule has 1 aliphatic rings. The molecule has 2 N–H and O–H groups in total. The van der Waals surface area contributed by atoms with Gasteiger partial charge in [-0.25, -0.2) is 9.18 Å². The third-order valence-corrected chi connectivity index (χ3v) is 5.22. The number of hydrogen-bond acceptors (Lipinski definition) is 3. The average molecular weight is 399 g/mol. The van der Waals surface area contributed by atoms with Crippen LogP contribution in [0, 0.1) is 11.2 Å². The number of likely N-dealkylation sites (tertiary alicyclic amines) is 1. The maximum atomic E-state index is 13.0. The largest absolute Gasteiger partial charge is 0.497 e. The average Bonchev–Trinajstić information content (AvgIpc) is 2.73. The Morgan fingerprint density at radius 2 is 1.97 bits per heavy atom. The molecule has 1 heterocycles. The number of nitrogens with zero attached hydrogens (tertiary/aromatic N) is 1. The van der Waals surface area contributed by atoms with E-state index in [4.69, 9.17) is 4.74 Å². The van der Waals surface area contributed by atoms with Crippen LogP contribution in [-0.2, 0) is 11.3 Å². The number of amides is 3. The fourth-order valence-corrected chi connectivity index (χ4v) is 3.50. The Morgan fingerprint density at radius 1 is 1.21 bits per heavy atom. The van der Waals surface area contributed by atoms with E-state index >= 15 is 0 Å². The number of halogens is 1. The first-order chi connectivity index (χ1) is 13.9. The summed E-state index contributed by atoms with van der Waals surface area (Å²) in [6.45, 7) is 3.12. The minimum Gasteiger partial charge on any atom is -0.497 e. The highest BCUT2D eigenvalue weighted by Gasteiger charge is 2.39. The number of urea groups is 1. The molecule has 1 aliphatic heterocycles. The second-order valence-corrected chi connectivity index (χ2v) is 7.56. The summed E-state index contributed by atoms with van der Waals surface area (Å²) in [5, 5.41) is 5.78. The van der Waals surface area contributed by atoms with E-state index in [9.17, 15) is 14.0 Å². The van der Waals surface area contributed by atoms with Crippen LogP contribution >= 0.6 is 0 Å². The van der Waals surface area contributed by atoms with Gasteiger partial charge in [-0.1, -0.05) is 18.2 Å². The Labute approximate surface area is 170 Å². The van der Waals surface area contributed by atoms with Crippen LogP contribution in [0.3, 0.4) is 0 Å². The van der Waals surface area contributed by atoms with Crippen LogP contribution in [0.15, 0.2) is 48.5 Å². The van der Waals surface area contributed by atoms with Crippen LogP contribution in [-0.4, -0.2) is 37.0 Å². The molecule has 0 unspecified atom stereocenters. The lowest BCUT2D eigenvalue weighted by molar-refractivity contribution is -0.132. The molecule has 29 heavy (non-hydrogen) atoms. The lowest BCUT2D eigenvalue weighted by Gasteiger charge is -2.39. The van der Waals surface area contributed by atoms with E-state index in [1.807, 2.05) is 6.92 Å². The molecule has 0 bridgehead atoms. The van der Waals surface area contributed by atoms with E-state index in [0.29, 0.717) is 37.5 Å². The molecule has 0 spiro atoms. The SMILES string of the molecule is COc1cccc(NC(=O)N2CCC[C@](C)(C(=O)NCc3ccc(F)cc3)C2)c1. The zero-order chi connectivity index (χ0) is 20.9. The Hall–Kier alpha value is -3.09. The monoisotopic (exact) mass is 399 g/mol. The van der Waals surface area contributed by atoms with Gasteiger partial charge in [-0.2, -0.15) is 0 Å². The van der Waals surface area contributed by atoms with E-state index in [1.165, 1.54) is 12.1 Å². The number of anilines is 1. The summed E-state index contributed by atoms with van der Waals surface area (Å²) in [6, 6.07) is 12.9. The van der Waals surface area contributed by atoms with Crippen LogP contribution in [0.2, 0.25) is 0 Å². The zero-order valence-corrected chi connectivity index (χ0v) is 16.7. The highest BCUT2D eigenvalue weighted by Crippen LogP contribution is 2.30. The minimum atomic E-state index is -0.677. The molecular formula is C22H26FN3O3. The molecule has 6 nitrogen and oxygen atoms in total. The molecule has 0 radical (unpaired) electrons. The van der Waals surface area contributed by atoms with Gasteiger partial charge in [0.1, 0.15) is 11.6 Å². The summed E-state index contributed by atoms with van der Waals surface area (Å²) in [5.74, 6) is 0.240. The molecule has 1 atom stereocenters. The predicted octanol–water partition coefficient (Wildman–Crippen LogP) is 3.78. The van der Waals surface area contributed by atoms with E-state index in [2.05, 4.69) is 10.6 Å². The summed E-state index contributed by atoms with van der Waals surface area (Å²) >= 11 is 0. The molecule has 3 amide bonds. The van der Waals surface area contributed by atoms with E-state index in [0.717, 1.165) is 12.0 Å². The fraction of sp³-hybridized carbons (Fsp3) is 0.364. The van der Waals surface area contributed by atoms with Gasteiger partial charge >= 0.3 is 6.03 Å². The van der Waals surface area contributed by atoms with Crippen LogP contribution in [0.1, 0.15) is 25.3 Å². The van der Waals surface area contributed by atoms with Crippen LogP contribution in [0.4, 0.5) is 14.9 Å². The topological polar surface area (TPSA) is 70.7 Å². The number of hydrogen-bond donors (Lipinski definition) is 2. The van der Waals surface area contributed by atoms with Gasteiger partial charge < -0.3 is 20.3 Å². The maximum Gasteiger partial charge on any atom is 0.321 e. The van der Waals surface area contributed by atoms with Crippen molar-refractivity contribution in [2.45, 2.75) is 26.3 Å². The van der Waals surface area contributed by atoms with Gasteiger partial charge in [-0.05, 0) is 49.6 Å². The third-order valence-electron chi connectivity index (χ3n) is 5.22. The number of nitrogens with one attached hydrogen (secondary N) is 2. The standard InChI is InChI=1S/C22H26FN3O3/c1-22(20(27)24-14-16-7-9-17(23)10-8-16)11-4-12-26(15-22)21(28)25-18-5-3-6-19(13-18)29-2/h3,5-10,13H,4,11-12,14-15H2,1-2H3,(H,24,27)(H,25,28)/t22-/m0/s1. The second kappa shape index (κ2) is 8.94. The van der Waals surface area contributed by atoms with Crippen molar-refractivity contribution in [1.82, 2.24) is 10.2 Å². The first-order valence-corrected chi connectivity index (χ1v) is 9.62. The number of carbonyl (C=O) groups excluding carboxylic acids is 2. The van der Waals surface area contributed by atoms with Crippen molar-refractivity contribution in [2.24, 2.45) is 5.41 Å². The first-order valence-electron chi connectivity index (χ1n) is 9.62. The molecular weight excluding hydrogens is 373 g/mol. The van der Waals surface area contributed by atoms with Gasteiger partial charge in [0.15, 0.2) is 0 Å². The van der Waals surface area contributed by atoms with Gasteiger partial charge in [0.25, 0.3) is 0 Å². The minimum absolute atomic E-state index is 0.110. The predicted molar refractivity (Wildman–Crippen MR) is 109 cm³/mol. The highest BCUT2D eigenvalue weighted by molar-refractivity contribution is 5.90. The van der Waals surface area contributed by atoms with Crippen molar-refractivity contribution < 1.29 is 18.7 Å². The molecule has 2 aromatic rings. The molecule has 0 aliphatic carbocycles.